The molecule has 2 rings (SSSR count). The van der Waals surface area contributed by atoms with Crippen molar-refractivity contribution in [3.05, 3.63) is 23.8 Å². The van der Waals surface area contributed by atoms with Crippen LogP contribution in [0.15, 0.2) is 18.2 Å². The molecule has 0 bridgehead atoms. The molecule has 1 aliphatic rings. The Labute approximate surface area is 126 Å². The van der Waals surface area contributed by atoms with Crippen LogP contribution >= 0.6 is 0 Å². The molecule has 21 heavy (non-hydrogen) atoms. The zero-order chi connectivity index (χ0) is 15.6. The number of nitrogens with zero attached hydrogens (tertiary/aromatic N) is 1. The van der Waals surface area contributed by atoms with Gasteiger partial charge in [-0.1, -0.05) is 19.9 Å². The van der Waals surface area contributed by atoms with Gasteiger partial charge in [0.25, 0.3) is 5.91 Å². The van der Waals surface area contributed by atoms with Gasteiger partial charge in [0.1, 0.15) is 5.75 Å². The summed E-state index contributed by atoms with van der Waals surface area (Å²) in [7, 11) is 1.62. The summed E-state index contributed by atoms with van der Waals surface area (Å²) in [6.45, 7) is 7.00. The monoisotopic (exact) mass is 292 g/mol. The van der Waals surface area contributed by atoms with Crippen molar-refractivity contribution < 1.29 is 14.3 Å². The molecule has 0 radical (unpaired) electrons. The summed E-state index contributed by atoms with van der Waals surface area (Å²) in [6, 6.07) is 5.54. The molecule has 0 aliphatic carbocycles. The molecule has 0 aromatic heterocycles. The molecule has 2 N–H and O–H groups in total. The zero-order valence-electron chi connectivity index (χ0n) is 13.1. The van der Waals surface area contributed by atoms with Crippen molar-refractivity contribution in [1.82, 2.24) is 0 Å². The number of ether oxygens (including phenoxy) is 2. The number of hydrogen-bond acceptors (Lipinski definition) is 4. The highest BCUT2D eigenvalue weighted by Crippen LogP contribution is 2.37. The van der Waals surface area contributed by atoms with Crippen LogP contribution in [-0.4, -0.2) is 32.3 Å². The number of nitrogens with two attached hydrogens (primary N) is 1. The SMILES string of the molecule is CCN1C(=O)C(C(C)C)Oc2ccc(C(N)COC)cc21. The molecule has 5 nitrogen and oxygen atoms in total. The van der Waals surface area contributed by atoms with Crippen molar-refractivity contribution >= 4 is 11.6 Å². The summed E-state index contributed by atoms with van der Waals surface area (Å²) in [5.41, 5.74) is 7.80. The standard InChI is InChI=1S/C16H24N2O3/c1-5-18-13-8-11(12(17)9-20-4)6-7-14(13)21-15(10(2)3)16(18)19/h6-8,10,12,15H,5,9,17H2,1-4H3. The van der Waals surface area contributed by atoms with Crippen LogP contribution in [0.25, 0.3) is 0 Å². The third kappa shape index (κ3) is 3.04. The second-order valence-electron chi connectivity index (χ2n) is 5.65. The molecule has 2 atom stereocenters. The van der Waals surface area contributed by atoms with Crippen molar-refractivity contribution in [3.8, 4) is 5.75 Å². The van der Waals surface area contributed by atoms with E-state index in [-0.39, 0.29) is 17.9 Å². The second-order valence-corrected chi connectivity index (χ2v) is 5.65. The van der Waals surface area contributed by atoms with Gasteiger partial charge in [-0.2, -0.15) is 0 Å². The first-order valence-corrected chi connectivity index (χ1v) is 7.36. The third-order valence-corrected chi connectivity index (χ3v) is 3.73. The van der Waals surface area contributed by atoms with Crippen LogP contribution in [0.5, 0.6) is 5.75 Å². The molecule has 1 aromatic rings. The molecule has 0 saturated carbocycles. The zero-order valence-corrected chi connectivity index (χ0v) is 13.1. The number of fused-ring (bicyclic) bond motifs is 1. The predicted molar refractivity (Wildman–Crippen MR) is 82.5 cm³/mol. The van der Waals surface area contributed by atoms with E-state index < -0.39 is 6.10 Å². The fraction of sp³-hybridized carbons (Fsp3) is 0.562. The van der Waals surface area contributed by atoms with Gasteiger partial charge in [-0.05, 0) is 30.5 Å². The van der Waals surface area contributed by atoms with Crippen LogP contribution in [0.3, 0.4) is 0 Å². The Morgan fingerprint density at radius 2 is 2.14 bits per heavy atom. The molecule has 5 heteroatoms. The van der Waals surface area contributed by atoms with Gasteiger partial charge in [0.15, 0.2) is 6.10 Å². The van der Waals surface area contributed by atoms with Gasteiger partial charge in [0.05, 0.1) is 18.3 Å². The first kappa shape index (κ1) is 15.8. The van der Waals surface area contributed by atoms with Crippen LogP contribution in [0.2, 0.25) is 0 Å². The molecular weight excluding hydrogens is 268 g/mol. The number of rotatable bonds is 5. The van der Waals surface area contributed by atoms with Gasteiger partial charge >= 0.3 is 0 Å². The van der Waals surface area contributed by atoms with Crippen LogP contribution in [0.1, 0.15) is 32.4 Å². The van der Waals surface area contributed by atoms with Gasteiger partial charge in [0, 0.05) is 13.7 Å². The molecule has 2 unspecified atom stereocenters. The maximum atomic E-state index is 12.5. The van der Waals surface area contributed by atoms with Crippen molar-refractivity contribution in [2.75, 3.05) is 25.2 Å². The van der Waals surface area contributed by atoms with Gasteiger partial charge < -0.3 is 20.1 Å². The van der Waals surface area contributed by atoms with Crippen molar-refractivity contribution in [2.45, 2.75) is 32.9 Å². The Kier molecular flexibility index (Phi) is 4.85. The summed E-state index contributed by atoms with van der Waals surface area (Å²) in [4.78, 5) is 14.3. The predicted octanol–water partition coefficient (Wildman–Crippen LogP) is 2.10. The molecular formula is C16H24N2O3. The topological polar surface area (TPSA) is 64.8 Å². The Bertz CT molecular complexity index is 516. The van der Waals surface area contributed by atoms with Crippen LogP contribution in [0.4, 0.5) is 5.69 Å². The van der Waals surface area contributed by atoms with E-state index in [4.69, 9.17) is 15.2 Å². The number of methoxy groups -OCH3 is 1. The normalized spacial score (nSPS) is 19.4. The summed E-state index contributed by atoms with van der Waals surface area (Å²) in [5, 5.41) is 0. The van der Waals surface area contributed by atoms with E-state index in [0.717, 1.165) is 17.0 Å². The summed E-state index contributed by atoms with van der Waals surface area (Å²) >= 11 is 0. The molecule has 1 amide bonds. The lowest BCUT2D eigenvalue weighted by atomic mass is 10.0. The van der Waals surface area contributed by atoms with Crippen molar-refractivity contribution in [2.24, 2.45) is 11.7 Å². The van der Waals surface area contributed by atoms with E-state index in [1.54, 1.807) is 12.0 Å². The minimum absolute atomic E-state index is 0.0115. The van der Waals surface area contributed by atoms with Gasteiger partial charge in [0.2, 0.25) is 0 Å². The fourth-order valence-electron chi connectivity index (χ4n) is 2.56. The molecule has 0 fully saturated rings. The van der Waals surface area contributed by atoms with E-state index in [0.29, 0.717) is 13.2 Å². The molecule has 1 aromatic carbocycles. The highest BCUT2D eigenvalue weighted by Gasteiger charge is 2.35. The van der Waals surface area contributed by atoms with Gasteiger partial charge in [-0.25, -0.2) is 0 Å². The maximum Gasteiger partial charge on any atom is 0.268 e. The van der Waals surface area contributed by atoms with Crippen molar-refractivity contribution in [3.63, 3.8) is 0 Å². The van der Waals surface area contributed by atoms with Crippen LogP contribution in [-0.2, 0) is 9.53 Å². The van der Waals surface area contributed by atoms with Crippen LogP contribution in [0, 0.1) is 5.92 Å². The van der Waals surface area contributed by atoms with E-state index in [2.05, 4.69) is 0 Å². The molecule has 0 spiro atoms. The summed E-state index contributed by atoms with van der Waals surface area (Å²) in [6.07, 6.45) is -0.420. The Morgan fingerprint density at radius 1 is 1.43 bits per heavy atom. The van der Waals surface area contributed by atoms with Gasteiger partial charge in [-0.15, -0.1) is 0 Å². The molecule has 1 heterocycles. The first-order chi connectivity index (χ1) is 9.99. The summed E-state index contributed by atoms with van der Waals surface area (Å²) in [5.74, 6) is 0.885. The molecule has 0 saturated heterocycles. The second kappa shape index (κ2) is 6.45. The first-order valence-electron chi connectivity index (χ1n) is 7.36. The minimum Gasteiger partial charge on any atom is -0.478 e. The average Bonchev–Trinajstić information content (AvgIpc) is 2.46. The lowest BCUT2D eigenvalue weighted by molar-refractivity contribution is -0.128. The highest BCUT2D eigenvalue weighted by atomic mass is 16.5. The number of benzene rings is 1. The Balaban J connectivity index is 2.38. The lowest BCUT2D eigenvalue weighted by Crippen LogP contribution is -2.48. The van der Waals surface area contributed by atoms with E-state index in [1.807, 2.05) is 39.0 Å². The largest absolute Gasteiger partial charge is 0.478 e. The lowest BCUT2D eigenvalue weighted by Gasteiger charge is -2.36. The number of likely N-dealkylation sites (N-methyl/N-ethyl adjacent to an activating group) is 1. The van der Waals surface area contributed by atoms with Gasteiger partial charge in [-0.3, -0.25) is 4.79 Å². The van der Waals surface area contributed by atoms with E-state index in [9.17, 15) is 4.79 Å². The Morgan fingerprint density at radius 3 is 2.71 bits per heavy atom. The third-order valence-electron chi connectivity index (χ3n) is 3.73. The highest BCUT2D eigenvalue weighted by molar-refractivity contribution is 6.00. The van der Waals surface area contributed by atoms with E-state index >= 15 is 0 Å². The number of carbonyl (C=O) groups is 1. The maximum absolute atomic E-state index is 12.5. The van der Waals surface area contributed by atoms with Crippen molar-refractivity contribution in [1.29, 1.82) is 0 Å². The molecule has 1 aliphatic heterocycles. The van der Waals surface area contributed by atoms with E-state index in [1.165, 1.54) is 0 Å². The Hall–Kier alpha value is -1.59. The number of hydrogen-bond donors (Lipinski definition) is 1. The number of amides is 1. The van der Waals surface area contributed by atoms with Crippen LogP contribution < -0.4 is 15.4 Å². The quantitative estimate of drug-likeness (QED) is 0.902. The molecule has 116 valence electrons. The summed E-state index contributed by atoms with van der Waals surface area (Å²) < 4.78 is 11.0. The average molecular weight is 292 g/mol. The smallest absolute Gasteiger partial charge is 0.268 e. The number of anilines is 1. The minimum atomic E-state index is -0.420. The number of carbonyl (C=O) groups excluding carboxylic acids is 1. The fourth-order valence-corrected chi connectivity index (χ4v) is 2.56.